The summed E-state index contributed by atoms with van der Waals surface area (Å²) in [6.45, 7) is 3.56. The summed E-state index contributed by atoms with van der Waals surface area (Å²) in [5.74, 6) is 0.817. The van der Waals surface area contributed by atoms with Crippen molar-refractivity contribution in [2.24, 2.45) is 0 Å². The van der Waals surface area contributed by atoms with Crippen molar-refractivity contribution in [3.63, 3.8) is 0 Å². The zero-order valence-electron chi connectivity index (χ0n) is 13.1. The van der Waals surface area contributed by atoms with E-state index in [-0.39, 0.29) is 0 Å². The van der Waals surface area contributed by atoms with Gasteiger partial charge >= 0.3 is 0 Å². The molecule has 0 saturated carbocycles. The second kappa shape index (κ2) is 7.23. The second-order valence-corrected chi connectivity index (χ2v) is 8.18. The molecule has 0 spiro atoms. The Morgan fingerprint density at radius 1 is 1.17 bits per heavy atom. The van der Waals surface area contributed by atoms with E-state index in [2.05, 4.69) is 21.7 Å². The molecule has 1 aliphatic heterocycles. The molecule has 124 valence electrons. The van der Waals surface area contributed by atoms with Gasteiger partial charge in [-0.05, 0) is 47.7 Å². The van der Waals surface area contributed by atoms with Crippen LogP contribution in [0.5, 0.6) is 5.75 Å². The van der Waals surface area contributed by atoms with Crippen molar-refractivity contribution in [2.75, 3.05) is 6.54 Å². The van der Waals surface area contributed by atoms with Gasteiger partial charge in [-0.2, -0.15) is 0 Å². The maximum atomic E-state index is 5.88. The molecule has 0 atom stereocenters. The normalized spacial score (nSPS) is 14.5. The molecular formula is C18H17ClN2OS2. The summed E-state index contributed by atoms with van der Waals surface area (Å²) in [5.41, 5.74) is 2.61. The highest BCUT2D eigenvalue weighted by Gasteiger charge is 2.18. The number of ether oxygens (including phenoxy) is 1. The number of fused-ring (bicyclic) bond motifs is 1. The van der Waals surface area contributed by atoms with E-state index < -0.39 is 0 Å². The lowest BCUT2D eigenvalue weighted by Crippen LogP contribution is -2.29. The minimum atomic E-state index is 0.501. The van der Waals surface area contributed by atoms with E-state index >= 15 is 0 Å². The van der Waals surface area contributed by atoms with Gasteiger partial charge < -0.3 is 4.74 Å². The van der Waals surface area contributed by atoms with Gasteiger partial charge in [-0.3, -0.25) is 4.90 Å². The van der Waals surface area contributed by atoms with Crippen LogP contribution in [0.3, 0.4) is 0 Å². The van der Waals surface area contributed by atoms with Crippen LogP contribution in [0.4, 0.5) is 0 Å². The van der Waals surface area contributed by atoms with Crippen LogP contribution >= 0.6 is 34.3 Å². The molecule has 0 N–H and O–H groups in total. The lowest BCUT2D eigenvalue weighted by molar-refractivity contribution is 0.244. The van der Waals surface area contributed by atoms with Crippen LogP contribution in [-0.2, 0) is 26.1 Å². The van der Waals surface area contributed by atoms with Gasteiger partial charge in [0.25, 0.3) is 0 Å². The quantitative estimate of drug-likeness (QED) is 0.626. The molecule has 3 nitrogen and oxygen atoms in total. The fourth-order valence-electron chi connectivity index (χ4n) is 2.83. The van der Waals surface area contributed by atoms with Crippen LogP contribution in [0.1, 0.15) is 21.1 Å². The molecule has 1 aromatic carbocycles. The third kappa shape index (κ3) is 3.81. The van der Waals surface area contributed by atoms with Gasteiger partial charge in [0.15, 0.2) is 0 Å². The van der Waals surface area contributed by atoms with Gasteiger partial charge in [-0.1, -0.05) is 11.6 Å². The number of rotatable bonds is 5. The smallest absolute Gasteiger partial charge is 0.140 e. The van der Waals surface area contributed by atoms with E-state index in [0.29, 0.717) is 11.6 Å². The average Bonchev–Trinajstić information content (AvgIpc) is 3.23. The van der Waals surface area contributed by atoms with E-state index in [1.807, 2.05) is 35.6 Å². The van der Waals surface area contributed by atoms with Crippen LogP contribution in [-0.4, -0.2) is 16.4 Å². The summed E-state index contributed by atoms with van der Waals surface area (Å²) in [6, 6.07) is 9.67. The number of benzene rings is 1. The Labute approximate surface area is 154 Å². The Morgan fingerprint density at radius 2 is 2.04 bits per heavy atom. The van der Waals surface area contributed by atoms with Crippen molar-refractivity contribution in [1.82, 2.24) is 9.88 Å². The van der Waals surface area contributed by atoms with E-state index in [0.717, 1.165) is 42.5 Å². The van der Waals surface area contributed by atoms with Crippen LogP contribution in [0, 0.1) is 0 Å². The van der Waals surface area contributed by atoms with Crippen LogP contribution in [0.2, 0.25) is 5.02 Å². The highest BCUT2D eigenvalue weighted by Crippen LogP contribution is 2.25. The van der Waals surface area contributed by atoms with Gasteiger partial charge in [0.1, 0.15) is 17.4 Å². The first kappa shape index (κ1) is 16.1. The number of hydrogen-bond acceptors (Lipinski definition) is 5. The highest BCUT2D eigenvalue weighted by atomic mass is 35.5. The van der Waals surface area contributed by atoms with Gasteiger partial charge in [-0.15, -0.1) is 22.7 Å². The molecule has 24 heavy (non-hydrogen) atoms. The Hall–Kier alpha value is -1.40. The summed E-state index contributed by atoms with van der Waals surface area (Å²) < 4.78 is 5.76. The SMILES string of the molecule is Clc1ccc(OCc2nc(CN3CCc4sccc4C3)cs2)cc1. The molecule has 3 heterocycles. The lowest BCUT2D eigenvalue weighted by Gasteiger charge is -2.25. The summed E-state index contributed by atoms with van der Waals surface area (Å²) in [5, 5.41) is 6.06. The first-order valence-electron chi connectivity index (χ1n) is 7.85. The topological polar surface area (TPSA) is 25.4 Å². The van der Waals surface area contributed by atoms with Crippen LogP contribution in [0.15, 0.2) is 41.1 Å². The average molecular weight is 377 g/mol. The molecule has 4 rings (SSSR count). The Kier molecular flexibility index (Phi) is 4.85. The van der Waals surface area contributed by atoms with Crippen molar-refractivity contribution >= 4 is 34.3 Å². The third-order valence-electron chi connectivity index (χ3n) is 4.05. The fourth-order valence-corrected chi connectivity index (χ4v) is 4.55. The van der Waals surface area contributed by atoms with E-state index in [1.165, 1.54) is 5.56 Å². The lowest BCUT2D eigenvalue weighted by atomic mass is 10.1. The van der Waals surface area contributed by atoms with Crippen molar-refractivity contribution in [3.05, 3.63) is 67.3 Å². The first-order valence-corrected chi connectivity index (χ1v) is 9.99. The molecule has 0 bridgehead atoms. The first-order chi connectivity index (χ1) is 11.8. The largest absolute Gasteiger partial charge is 0.486 e. The summed E-state index contributed by atoms with van der Waals surface area (Å²) >= 11 is 9.42. The third-order valence-corrected chi connectivity index (χ3v) is 6.19. The molecule has 0 unspecified atom stereocenters. The molecule has 6 heteroatoms. The van der Waals surface area contributed by atoms with E-state index in [1.54, 1.807) is 16.2 Å². The molecular weight excluding hydrogens is 360 g/mol. The van der Waals surface area contributed by atoms with Crippen LogP contribution in [0.25, 0.3) is 0 Å². The summed E-state index contributed by atoms with van der Waals surface area (Å²) in [4.78, 5) is 8.72. The van der Waals surface area contributed by atoms with Gasteiger partial charge in [0, 0.05) is 34.9 Å². The molecule has 1 aliphatic rings. The Balaban J connectivity index is 1.33. The van der Waals surface area contributed by atoms with Crippen molar-refractivity contribution in [3.8, 4) is 5.75 Å². The molecule has 0 aliphatic carbocycles. The Morgan fingerprint density at radius 3 is 2.92 bits per heavy atom. The fraction of sp³-hybridized carbons (Fsp3) is 0.278. The van der Waals surface area contributed by atoms with E-state index in [9.17, 15) is 0 Å². The van der Waals surface area contributed by atoms with Crippen molar-refractivity contribution < 1.29 is 4.74 Å². The summed E-state index contributed by atoms with van der Waals surface area (Å²) in [7, 11) is 0. The molecule has 3 aromatic rings. The zero-order valence-corrected chi connectivity index (χ0v) is 15.5. The number of thiophene rings is 1. The minimum Gasteiger partial charge on any atom is -0.486 e. The maximum Gasteiger partial charge on any atom is 0.140 e. The number of halogens is 1. The van der Waals surface area contributed by atoms with Gasteiger partial charge in [0.2, 0.25) is 0 Å². The number of aromatic nitrogens is 1. The number of hydrogen-bond donors (Lipinski definition) is 0. The molecule has 2 aromatic heterocycles. The molecule has 0 fully saturated rings. The van der Waals surface area contributed by atoms with Crippen LogP contribution < -0.4 is 4.74 Å². The number of thiazole rings is 1. The highest BCUT2D eigenvalue weighted by molar-refractivity contribution is 7.10. The summed E-state index contributed by atoms with van der Waals surface area (Å²) in [6.07, 6.45) is 1.16. The standard InChI is InChI=1S/C18H17ClN2OS2/c19-14-1-3-16(4-2-14)22-11-18-20-15(12-24-18)10-21-7-5-17-13(9-21)6-8-23-17/h1-4,6,8,12H,5,7,9-11H2. The van der Waals surface area contributed by atoms with Crippen molar-refractivity contribution in [2.45, 2.75) is 26.1 Å². The van der Waals surface area contributed by atoms with Crippen molar-refractivity contribution in [1.29, 1.82) is 0 Å². The maximum absolute atomic E-state index is 5.88. The molecule has 0 radical (unpaired) electrons. The van der Waals surface area contributed by atoms with E-state index in [4.69, 9.17) is 21.3 Å². The predicted molar refractivity (Wildman–Crippen MR) is 100 cm³/mol. The Bertz CT molecular complexity index is 813. The molecule has 0 amide bonds. The predicted octanol–water partition coefficient (Wildman–Crippen LogP) is 5.00. The number of nitrogens with zero attached hydrogens (tertiary/aromatic N) is 2. The zero-order chi connectivity index (χ0) is 16.4. The van der Waals surface area contributed by atoms with Gasteiger partial charge in [-0.25, -0.2) is 4.98 Å². The molecule has 0 saturated heterocycles. The second-order valence-electron chi connectivity index (χ2n) is 5.80. The minimum absolute atomic E-state index is 0.501. The monoisotopic (exact) mass is 376 g/mol. The van der Waals surface area contributed by atoms with Gasteiger partial charge in [0.05, 0.1) is 5.69 Å².